The molecule has 1 saturated heterocycles. The van der Waals surface area contributed by atoms with Gasteiger partial charge in [-0.2, -0.15) is 0 Å². The molecule has 1 fully saturated rings. The fraction of sp³-hybridized carbons (Fsp3) is 0.889. The van der Waals surface area contributed by atoms with Crippen molar-refractivity contribution in [2.75, 3.05) is 13.1 Å². The second-order valence-electron chi connectivity index (χ2n) is 4.57. The molecule has 1 aliphatic rings. The van der Waals surface area contributed by atoms with Gasteiger partial charge in [-0.15, -0.1) is 0 Å². The van der Waals surface area contributed by atoms with Gasteiger partial charge in [0.1, 0.15) is 6.10 Å². The summed E-state index contributed by atoms with van der Waals surface area (Å²) >= 11 is 0. The van der Waals surface area contributed by atoms with Gasteiger partial charge in [-0.3, -0.25) is 4.90 Å². The number of hydrogen-bond acceptors (Lipinski definition) is 3. The topological polar surface area (TPSA) is 55.6 Å². The van der Waals surface area contributed by atoms with E-state index in [0.717, 1.165) is 0 Å². The van der Waals surface area contributed by atoms with E-state index in [0.29, 0.717) is 13.1 Å². The van der Waals surface area contributed by atoms with Crippen LogP contribution in [0.1, 0.15) is 20.8 Å². The molecule has 0 saturated carbocycles. The smallest absolute Gasteiger partial charge is 0.404 e. The Bertz CT molecular complexity index is 227. The van der Waals surface area contributed by atoms with E-state index in [1.807, 2.05) is 25.7 Å². The third-order valence-corrected chi connectivity index (χ3v) is 2.41. The van der Waals surface area contributed by atoms with Crippen molar-refractivity contribution in [2.24, 2.45) is 5.73 Å². The normalized spacial score (nSPS) is 29.1. The molecule has 1 heterocycles. The number of primary amides is 1. The lowest BCUT2D eigenvalue weighted by atomic mass is 10.1. The summed E-state index contributed by atoms with van der Waals surface area (Å²) in [6, 6.07) is 0. The van der Waals surface area contributed by atoms with Gasteiger partial charge in [0.05, 0.1) is 0 Å². The Morgan fingerprint density at radius 2 is 2.07 bits per heavy atom. The summed E-state index contributed by atoms with van der Waals surface area (Å²) in [7, 11) is 0. The number of amides is 1. The van der Waals surface area contributed by atoms with Crippen LogP contribution in [0.5, 0.6) is 0 Å². The summed E-state index contributed by atoms with van der Waals surface area (Å²) in [5.74, 6) is 0. The van der Waals surface area contributed by atoms with Crippen molar-refractivity contribution < 1.29 is 13.9 Å². The number of ether oxygens (including phenoxy) is 1. The van der Waals surface area contributed by atoms with Gasteiger partial charge in [0, 0.05) is 18.6 Å². The van der Waals surface area contributed by atoms with Crippen molar-refractivity contribution >= 4 is 6.09 Å². The number of nitrogens with zero attached hydrogens (tertiary/aromatic N) is 1. The highest BCUT2D eigenvalue weighted by atomic mass is 19.1. The lowest BCUT2D eigenvalue weighted by Crippen LogP contribution is -2.40. The van der Waals surface area contributed by atoms with Gasteiger partial charge in [0.25, 0.3) is 0 Å². The van der Waals surface area contributed by atoms with Gasteiger partial charge in [-0.1, -0.05) is 0 Å². The third kappa shape index (κ3) is 2.57. The predicted octanol–water partition coefficient (Wildman–Crippen LogP) is 0.903. The first-order chi connectivity index (χ1) is 6.30. The van der Waals surface area contributed by atoms with Crippen LogP contribution >= 0.6 is 0 Å². The number of carbonyl (C=O) groups is 1. The number of hydrogen-bond donors (Lipinski definition) is 1. The lowest BCUT2D eigenvalue weighted by molar-refractivity contribution is 0.0720. The summed E-state index contributed by atoms with van der Waals surface area (Å²) in [6.45, 7) is 6.68. The highest BCUT2D eigenvalue weighted by Crippen LogP contribution is 2.24. The van der Waals surface area contributed by atoms with Crippen LogP contribution in [0.2, 0.25) is 0 Å². The van der Waals surface area contributed by atoms with E-state index >= 15 is 0 Å². The van der Waals surface area contributed by atoms with Gasteiger partial charge in [0.2, 0.25) is 0 Å². The third-order valence-electron chi connectivity index (χ3n) is 2.41. The molecular formula is C9H17FN2O2. The molecule has 0 spiro atoms. The van der Waals surface area contributed by atoms with Crippen molar-refractivity contribution in [3.63, 3.8) is 0 Å². The maximum Gasteiger partial charge on any atom is 0.404 e. The zero-order valence-electron chi connectivity index (χ0n) is 8.79. The standard InChI is InChI=1S/C9H17FN2O2/c1-9(2,3)12-4-6(10)7(5-12)14-8(11)13/h6-7H,4-5H2,1-3H3,(H2,11,13)/t6-,7-/m1/s1. The van der Waals surface area contributed by atoms with E-state index in [9.17, 15) is 9.18 Å². The summed E-state index contributed by atoms with van der Waals surface area (Å²) < 4.78 is 18.0. The van der Waals surface area contributed by atoms with Gasteiger partial charge in [-0.05, 0) is 20.8 Å². The number of halogens is 1. The van der Waals surface area contributed by atoms with Crippen molar-refractivity contribution in [3.05, 3.63) is 0 Å². The fourth-order valence-electron chi connectivity index (χ4n) is 1.54. The van der Waals surface area contributed by atoms with Crippen molar-refractivity contribution in [1.29, 1.82) is 0 Å². The number of alkyl halides is 1. The largest absolute Gasteiger partial charge is 0.442 e. The molecule has 2 atom stereocenters. The SMILES string of the molecule is CC(C)(C)N1C[C@@H](F)[C@H](OC(N)=O)C1. The fourth-order valence-corrected chi connectivity index (χ4v) is 1.54. The van der Waals surface area contributed by atoms with E-state index in [1.165, 1.54) is 0 Å². The van der Waals surface area contributed by atoms with Crippen LogP contribution in [-0.4, -0.2) is 41.9 Å². The van der Waals surface area contributed by atoms with Gasteiger partial charge >= 0.3 is 6.09 Å². The number of rotatable bonds is 1. The first-order valence-electron chi connectivity index (χ1n) is 4.66. The highest BCUT2D eigenvalue weighted by molar-refractivity contribution is 5.64. The molecule has 0 aliphatic carbocycles. The maximum absolute atomic E-state index is 13.4. The molecule has 0 unspecified atom stereocenters. The second kappa shape index (κ2) is 3.73. The molecule has 0 bridgehead atoms. The summed E-state index contributed by atoms with van der Waals surface area (Å²) in [6.07, 6.45) is -2.76. The molecule has 1 amide bonds. The Balaban J connectivity index is 2.56. The Labute approximate surface area is 83.2 Å². The van der Waals surface area contributed by atoms with E-state index in [1.54, 1.807) is 0 Å². The van der Waals surface area contributed by atoms with E-state index < -0.39 is 18.4 Å². The van der Waals surface area contributed by atoms with Gasteiger partial charge < -0.3 is 10.5 Å². The lowest BCUT2D eigenvalue weighted by Gasteiger charge is -2.31. The predicted molar refractivity (Wildman–Crippen MR) is 50.7 cm³/mol. The summed E-state index contributed by atoms with van der Waals surface area (Å²) in [5.41, 5.74) is 4.73. The Morgan fingerprint density at radius 3 is 2.43 bits per heavy atom. The quantitative estimate of drug-likeness (QED) is 0.690. The number of carbonyl (C=O) groups excluding carboxylic acids is 1. The monoisotopic (exact) mass is 204 g/mol. The van der Waals surface area contributed by atoms with Crippen molar-refractivity contribution in [1.82, 2.24) is 4.90 Å². The zero-order valence-corrected chi connectivity index (χ0v) is 8.79. The average Bonchev–Trinajstić information content (AvgIpc) is 2.30. The Kier molecular flexibility index (Phi) is 2.99. The van der Waals surface area contributed by atoms with Gasteiger partial charge in [-0.25, -0.2) is 9.18 Å². The molecule has 2 N–H and O–H groups in total. The molecule has 0 aromatic carbocycles. The average molecular weight is 204 g/mol. The van der Waals surface area contributed by atoms with Crippen LogP contribution in [0, 0.1) is 0 Å². The van der Waals surface area contributed by atoms with Crippen LogP contribution in [-0.2, 0) is 4.74 Å². The highest BCUT2D eigenvalue weighted by Gasteiger charge is 2.39. The molecule has 5 heteroatoms. The minimum absolute atomic E-state index is 0.111. The first kappa shape index (κ1) is 11.2. The van der Waals surface area contributed by atoms with Crippen LogP contribution in [0.15, 0.2) is 0 Å². The molecule has 0 aromatic heterocycles. The summed E-state index contributed by atoms with van der Waals surface area (Å²) in [5, 5.41) is 0. The Hall–Kier alpha value is -0.840. The molecule has 1 aliphatic heterocycles. The molecule has 1 rings (SSSR count). The molecule has 0 radical (unpaired) electrons. The van der Waals surface area contributed by atoms with Crippen molar-refractivity contribution in [3.8, 4) is 0 Å². The second-order valence-corrected chi connectivity index (χ2v) is 4.57. The molecule has 0 aromatic rings. The maximum atomic E-state index is 13.4. The van der Waals surface area contributed by atoms with Crippen LogP contribution in [0.25, 0.3) is 0 Å². The molecule has 4 nitrogen and oxygen atoms in total. The molecule has 14 heavy (non-hydrogen) atoms. The minimum atomic E-state index is -1.14. The van der Waals surface area contributed by atoms with E-state index in [-0.39, 0.29) is 5.54 Å². The minimum Gasteiger partial charge on any atom is -0.442 e. The summed E-state index contributed by atoms with van der Waals surface area (Å²) in [4.78, 5) is 12.4. The number of likely N-dealkylation sites (tertiary alicyclic amines) is 1. The van der Waals surface area contributed by atoms with Crippen LogP contribution in [0.4, 0.5) is 9.18 Å². The molecular weight excluding hydrogens is 187 g/mol. The van der Waals surface area contributed by atoms with Crippen LogP contribution < -0.4 is 5.73 Å². The first-order valence-corrected chi connectivity index (χ1v) is 4.66. The zero-order chi connectivity index (χ0) is 10.9. The molecule has 82 valence electrons. The van der Waals surface area contributed by atoms with Crippen molar-refractivity contribution in [2.45, 2.75) is 38.6 Å². The number of nitrogens with two attached hydrogens (primary N) is 1. The van der Waals surface area contributed by atoms with E-state index in [4.69, 9.17) is 5.73 Å². The van der Waals surface area contributed by atoms with Crippen LogP contribution in [0.3, 0.4) is 0 Å². The Morgan fingerprint density at radius 1 is 1.50 bits per heavy atom. The van der Waals surface area contributed by atoms with Gasteiger partial charge in [0.15, 0.2) is 6.17 Å². The van der Waals surface area contributed by atoms with E-state index in [2.05, 4.69) is 4.74 Å².